The highest BCUT2D eigenvalue weighted by atomic mass is 32.2. The van der Waals surface area contributed by atoms with E-state index in [0.717, 1.165) is 243 Å². The highest BCUT2D eigenvalue weighted by molar-refractivity contribution is 7.91. The molecule has 4 aliphatic carbocycles. The Kier molecular flexibility index (Phi) is 36.2. The van der Waals surface area contributed by atoms with Crippen LogP contribution in [0.25, 0.3) is 36.1 Å². The van der Waals surface area contributed by atoms with Crippen molar-refractivity contribution >= 4 is 102 Å². The zero-order valence-corrected chi connectivity index (χ0v) is 87.0. The van der Waals surface area contributed by atoms with Gasteiger partial charge in [0.25, 0.3) is 23.4 Å². The molecule has 8 aromatic rings. The number of H-pyrrole nitrogens is 4. The first-order valence-electron chi connectivity index (χ1n) is 51.9. The number of piperidine rings is 1. The zero-order valence-electron chi connectivity index (χ0n) is 86.2. The quantitative estimate of drug-likeness (QED) is 0.0153. The third-order valence-electron chi connectivity index (χ3n) is 31.2. The van der Waals surface area contributed by atoms with Crippen LogP contribution in [0.3, 0.4) is 0 Å². The van der Waals surface area contributed by atoms with Crippen LogP contribution in [-0.4, -0.2) is 228 Å². The highest BCUT2D eigenvalue weighted by Gasteiger charge is 2.42. The Morgan fingerprint density at radius 1 is 0.503 bits per heavy atom. The Morgan fingerprint density at radius 2 is 1.00 bits per heavy atom. The Morgan fingerprint density at radius 3 is 1.49 bits per heavy atom. The number of anilines is 5. The summed E-state index contributed by atoms with van der Waals surface area (Å²) in [5.74, 6) is 0.949. The molecule has 0 atom stereocenters. The molecule has 30 nitrogen and oxygen atoms in total. The molecule has 1 spiro atoms. The molecule has 0 unspecified atom stereocenters. The lowest BCUT2D eigenvalue weighted by atomic mass is 9.72. The van der Waals surface area contributed by atoms with E-state index in [4.69, 9.17) is 40.5 Å². The Bertz CT molecular complexity index is 6130. The number of benzene rings is 4. The predicted octanol–water partition coefficient (Wildman–Crippen LogP) is 22.3. The lowest BCUT2D eigenvalue weighted by molar-refractivity contribution is -0.0420. The second-order valence-corrected chi connectivity index (χ2v) is 44.5. The lowest BCUT2D eigenvalue weighted by Crippen LogP contribution is -2.53. The van der Waals surface area contributed by atoms with Crippen molar-refractivity contribution in [2.24, 2.45) is 16.7 Å². The van der Waals surface area contributed by atoms with Gasteiger partial charge in [-0.25, -0.2) is 28.2 Å². The third-order valence-corrected chi connectivity index (χ3v) is 32.8. The van der Waals surface area contributed by atoms with E-state index >= 15 is 0 Å². The van der Waals surface area contributed by atoms with E-state index in [1.165, 1.54) is 105 Å². The Labute approximate surface area is 846 Å². The molecule has 4 amide bonds. The summed E-state index contributed by atoms with van der Waals surface area (Å²) in [5.41, 5.74) is 15.8. The number of hydrogen-bond donors (Lipinski definition) is 8. The molecular formula is C112H149N21O9S. The molecule has 1 saturated carbocycles. The van der Waals surface area contributed by atoms with E-state index in [9.17, 15) is 27.6 Å². The number of likely N-dealkylation sites (tertiary alicyclic amines) is 1. The second-order valence-electron chi connectivity index (χ2n) is 42.2. The largest absolute Gasteiger partial charge is 0.379 e. The van der Waals surface area contributed by atoms with Gasteiger partial charge < -0.3 is 69.7 Å². The van der Waals surface area contributed by atoms with Crippen molar-refractivity contribution in [1.29, 1.82) is 0 Å². The number of aromatic nitrogens is 7. The molecule has 4 aromatic heterocycles. The van der Waals surface area contributed by atoms with Crippen molar-refractivity contribution in [3.05, 3.63) is 230 Å². The topological polar surface area (TPSA) is 317 Å². The number of imidazole rings is 3. The summed E-state index contributed by atoms with van der Waals surface area (Å²) in [6.45, 7) is 72.7. The number of carbonyl (C=O) groups excluding carboxylic acids is 4. The molecular weight excluding hydrogens is 1820 g/mol. The molecule has 762 valence electrons. The number of morpholine rings is 1. The highest BCUT2D eigenvalue weighted by Crippen LogP contribution is 2.52. The van der Waals surface area contributed by atoms with Crippen LogP contribution in [-0.2, 0) is 46.3 Å². The minimum absolute atomic E-state index is 0.105. The number of carbonyl (C=O) groups is 4. The van der Waals surface area contributed by atoms with Gasteiger partial charge in [-0.3, -0.25) is 48.8 Å². The SMILES string of the molecule is [C-]#[N+]c1c[nH]c(C(=O)Nc2ccc(C(C)(C)OCCN3CCOCC3)cc2C2=CCC(C)(C)CC2)c1.[C-]#[N+]c1cnc(C(=O)Nc2ccc(C(C)(C)N3CCN(CC)CC3)cc2N2CCC(C)CC2)[nH]1.[C-]#[N+]c1cnc(C(=O)Nc2ccc(C(C)(C)OCCCN3CCCC3)cc2C2=CCCCC2)[nH]1.[C-]#[N+]c1cnc(C(=O)Nc2ccc(C(CC)(CC)N3CCS(=O)(=O)CC3)cc2C2=CCC3(CCCC3)CC2)[nH]1. The lowest BCUT2D eigenvalue weighted by Gasteiger charge is -2.46. The van der Waals surface area contributed by atoms with Crippen molar-refractivity contribution in [2.75, 3.05) is 162 Å². The van der Waals surface area contributed by atoms with Crippen LogP contribution in [0, 0.1) is 43.0 Å². The summed E-state index contributed by atoms with van der Waals surface area (Å²) in [4.78, 5) is 103. The maximum absolute atomic E-state index is 13.1. The molecule has 5 saturated heterocycles. The summed E-state index contributed by atoms with van der Waals surface area (Å²) < 4.78 is 42.5. The van der Waals surface area contributed by atoms with Crippen molar-refractivity contribution in [3.8, 4) is 0 Å². The molecule has 143 heavy (non-hydrogen) atoms. The van der Waals surface area contributed by atoms with Crippen LogP contribution < -0.4 is 26.2 Å². The number of rotatable bonds is 30. The average Bonchev–Trinajstić information content (AvgIpc) is 1.04. The molecule has 6 fully saturated rings. The van der Waals surface area contributed by atoms with Gasteiger partial charge >= 0.3 is 17.7 Å². The van der Waals surface area contributed by atoms with Crippen molar-refractivity contribution in [3.63, 3.8) is 0 Å². The Balaban J connectivity index is 0.000000152. The van der Waals surface area contributed by atoms with Crippen LogP contribution in [0.5, 0.6) is 0 Å². The van der Waals surface area contributed by atoms with Gasteiger partial charge in [0.05, 0.1) is 84.8 Å². The zero-order chi connectivity index (χ0) is 102. The number of likely N-dealkylation sites (N-methyl/N-ethyl adjacent to an activating group) is 1. The number of sulfone groups is 1. The molecule has 0 radical (unpaired) electrons. The maximum Gasteiger partial charge on any atom is 0.314 e. The van der Waals surface area contributed by atoms with Gasteiger partial charge in [-0.1, -0.05) is 117 Å². The fraction of sp³-hybridized carbons (Fsp3) is 0.545. The van der Waals surface area contributed by atoms with E-state index in [0.29, 0.717) is 36.5 Å². The molecule has 5 aliphatic heterocycles. The van der Waals surface area contributed by atoms with E-state index in [1.807, 2.05) is 36.4 Å². The second kappa shape index (κ2) is 48.3. The molecule has 9 aliphatic rings. The fourth-order valence-corrected chi connectivity index (χ4v) is 22.7. The summed E-state index contributed by atoms with van der Waals surface area (Å²) in [7, 11) is -2.98. The van der Waals surface area contributed by atoms with Crippen LogP contribution in [0.4, 0.5) is 51.6 Å². The van der Waals surface area contributed by atoms with Gasteiger partial charge in [-0.2, -0.15) is 0 Å². The summed E-state index contributed by atoms with van der Waals surface area (Å²) >= 11 is 0. The van der Waals surface area contributed by atoms with E-state index in [-0.39, 0.29) is 86.6 Å². The van der Waals surface area contributed by atoms with Gasteiger partial charge in [0, 0.05) is 136 Å². The van der Waals surface area contributed by atoms with Crippen molar-refractivity contribution in [2.45, 2.75) is 240 Å². The smallest absolute Gasteiger partial charge is 0.314 e. The van der Waals surface area contributed by atoms with Gasteiger partial charge in [0.1, 0.15) is 0 Å². The standard InChI is InChI=1S/C30H39N5O3S.C29H38N4O3.C27H35N5O2.C26H37N7O/c1-4-30(5-2,35-16-18-39(37,38)19-17-35)23-8-9-25(33-28(36)27-32-21-26(31-3)34-27)24(20-23)22-10-14-29(15-11-22)12-6-7-13-29;1-28(2)10-8-21(9-11-28)24-18-22(29(3,4)36-17-14-33-12-15-35-16-13-33)6-7-25(24)32-27(34)26-19-23(30-5)20-31-26;1-27(2,34-17-9-16-32-14-7-8-15-32)21-12-13-23(22(18-21)20-10-5-4-6-11-20)30-26(33)25-29-19-24(28-3)31-25;1-6-31-13-15-33(16-14-31)26(3,4)20-7-8-21(22(17-20)32-11-9-19(2)10-12-32)29-25(34)24-28-18-23(27-5)30-24/h8-10,20-21H,4-7,11-19H2,1-2H3,(H,32,34)(H,33,36);6-8,18-20,31H,9-17H2,1-4H3,(H,32,34);10,12-13,18-19H,4-9,11,14-17H2,1-2H3,(H,29,31)(H,30,33);7-8,17-19H,6,9-16H2,1-4H3,(H,28,30)(H,29,34). The van der Waals surface area contributed by atoms with Crippen LogP contribution >= 0.6 is 0 Å². The minimum atomic E-state index is -2.98. The fourth-order valence-electron chi connectivity index (χ4n) is 21.5. The van der Waals surface area contributed by atoms with Crippen molar-refractivity contribution in [1.82, 2.24) is 59.4 Å². The van der Waals surface area contributed by atoms with Crippen LogP contribution in [0.15, 0.2) is 122 Å². The average molecular weight is 1970 g/mol. The predicted molar refractivity (Wildman–Crippen MR) is 569 cm³/mol. The molecule has 17 rings (SSSR count). The van der Waals surface area contributed by atoms with Crippen LogP contribution in [0.1, 0.15) is 299 Å². The number of allylic oxidation sites excluding steroid dienone is 6. The normalized spacial score (nSPS) is 18.7. The summed E-state index contributed by atoms with van der Waals surface area (Å²) in [6, 6.07) is 26.7. The van der Waals surface area contributed by atoms with Crippen LogP contribution in [0.2, 0.25) is 0 Å². The van der Waals surface area contributed by atoms with Gasteiger partial charge in [-0.15, -0.1) is 0 Å². The van der Waals surface area contributed by atoms with Gasteiger partial charge in [-0.05, 0) is 293 Å². The number of nitrogens with zero attached hydrogens (tertiary/aromatic N) is 13. The number of hydrogen-bond acceptors (Lipinski definition) is 18. The molecule has 31 heteroatoms. The van der Waals surface area contributed by atoms with E-state index in [2.05, 4.69) is 243 Å². The first-order valence-corrected chi connectivity index (χ1v) is 53.7. The van der Waals surface area contributed by atoms with Gasteiger partial charge in [0.15, 0.2) is 9.84 Å². The molecule has 8 N–H and O–H groups in total. The first kappa shape index (κ1) is 107. The number of amides is 4. The summed E-state index contributed by atoms with van der Waals surface area (Å²) in [5, 5.41) is 12.2. The first-order chi connectivity index (χ1) is 68.7. The maximum atomic E-state index is 13.1. The minimum Gasteiger partial charge on any atom is -0.379 e. The van der Waals surface area contributed by atoms with Crippen molar-refractivity contribution < 1.29 is 41.8 Å². The summed E-state index contributed by atoms with van der Waals surface area (Å²) in [6.07, 6.45) is 36.2. The van der Waals surface area contributed by atoms with E-state index < -0.39 is 21.0 Å². The Hall–Kier alpha value is -11.7. The molecule has 4 aromatic carbocycles. The number of nitrogens with one attached hydrogen (secondary N) is 8. The number of ether oxygens (including phenoxy) is 3. The number of aromatic amines is 4. The number of piperazine rings is 1. The molecule has 9 heterocycles. The van der Waals surface area contributed by atoms with E-state index in [1.54, 1.807) is 12.3 Å². The third kappa shape index (κ3) is 27.5. The molecule has 0 bridgehead atoms. The monoisotopic (exact) mass is 1960 g/mol. The van der Waals surface area contributed by atoms with Gasteiger partial charge in [0.2, 0.25) is 23.1 Å².